The van der Waals surface area contributed by atoms with Gasteiger partial charge in [-0.05, 0) is 20.3 Å². The summed E-state index contributed by atoms with van der Waals surface area (Å²) in [7, 11) is -1.60. The van der Waals surface area contributed by atoms with Crippen molar-refractivity contribution in [1.29, 1.82) is 0 Å². The molecular formula is C9H21NO3S. The van der Waals surface area contributed by atoms with Crippen molar-refractivity contribution in [3.63, 3.8) is 0 Å². The lowest BCUT2D eigenvalue weighted by molar-refractivity contribution is 0.171. The van der Waals surface area contributed by atoms with E-state index in [0.29, 0.717) is 6.61 Å². The van der Waals surface area contributed by atoms with E-state index in [1.165, 1.54) is 0 Å². The fraction of sp³-hybridized carbons (Fsp3) is 1.00. The molecule has 0 aliphatic heterocycles. The van der Waals surface area contributed by atoms with Crippen molar-refractivity contribution in [1.82, 2.24) is 4.72 Å². The zero-order valence-electron chi connectivity index (χ0n) is 9.41. The zero-order chi connectivity index (χ0) is 11.2. The van der Waals surface area contributed by atoms with Crippen LogP contribution in [0.15, 0.2) is 0 Å². The van der Waals surface area contributed by atoms with Crippen molar-refractivity contribution < 1.29 is 13.2 Å². The van der Waals surface area contributed by atoms with E-state index in [4.69, 9.17) is 4.74 Å². The number of rotatable bonds is 7. The molecule has 0 aliphatic rings. The first-order valence-corrected chi connectivity index (χ1v) is 6.48. The Balaban J connectivity index is 4.28. The number of methoxy groups -OCH3 is 1. The molecule has 14 heavy (non-hydrogen) atoms. The van der Waals surface area contributed by atoms with Crippen LogP contribution >= 0.6 is 0 Å². The van der Waals surface area contributed by atoms with Gasteiger partial charge in [0.2, 0.25) is 10.0 Å². The molecule has 0 saturated heterocycles. The predicted molar refractivity (Wildman–Crippen MR) is 57.8 cm³/mol. The Morgan fingerprint density at radius 3 is 2.29 bits per heavy atom. The Labute approximate surface area is 87.1 Å². The van der Waals surface area contributed by atoms with E-state index in [-0.39, 0.29) is 6.04 Å². The Hall–Kier alpha value is -0.130. The second kappa shape index (κ2) is 6.37. The average Bonchev–Trinajstić information content (AvgIpc) is 2.04. The molecule has 5 heteroatoms. The van der Waals surface area contributed by atoms with Crippen LogP contribution in [0.2, 0.25) is 0 Å². The molecule has 0 aliphatic carbocycles. The highest BCUT2D eigenvalue weighted by atomic mass is 32.2. The van der Waals surface area contributed by atoms with Crippen molar-refractivity contribution in [3.8, 4) is 0 Å². The number of nitrogens with one attached hydrogen (secondary N) is 1. The maximum Gasteiger partial charge on any atom is 0.214 e. The van der Waals surface area contributed by atoms with Gasteiger partial charge >= 0.3 is 0 Å². The third-order valence-corrected chi connectivity index (χ3v) is 3.86. The summed E-state index contributed by atoms with van der Waals surface area (Å²) in [4.78, 5) is 0. The van der Waals surface area contributed by atoms with Gasteiger partial charge in [-0.3, -0.25) is 0 Å². The predicted octanol–water partition coefficient (Wildman–Crippen LogP) is 1.13. The Bertz CT molecular complexity index is 230. The number of sulfonamides is 1. The van der Waals surface area contributed by atoms with Crippen LogP contribution in [0.4, 0.5) is 0 Å². The second-order valence-corrected chi connectivity index (χ2v) is 5.92. The maximum absolute atomic E-state index is 11.5. The molecule has 0 aromatic rings. The molecule has 0 amide bonds. The van der Waals surface area contributed by atoms with Crippen LogP contribution in [0.25, 0.3) is 0 Å². The summed E-state index contributed by atoms with van der Waals surface area (Å²) >= 11 is 0. The molecule has 0 saturated carbocycles. The van der Waals surface area contributed by atoms with E-state index in [9.17, 15) is 8.42 Å². The Morgan fingerprint density at radius 1 is 1.36 bits per heavy atom. The van der Waals surface area contributed by atoms with E-state index in [1.807, 2.05) is 6.92 Å². The molecule has 0 rings (SSSR count). The molecule has 0 radical (unpaired) electrons. The second-order valence-electron chi connectivity index (χ2n) is 3.65. The van der Waals surface area contributed by atoms with Crippen molar-refractivity contribution in [2.24, 2.45) is 0 Å². The van der Waals surface area contributed by atoms with Gasteiger partial charge in [-0.25, -0.2) is 13.1 Å². The quantitative estimate of drug-likeness (QED) is 0.704. The van der Waals surface area contributed by atoms with Crippen molar-refractivity contribution >= 4 is 10.0 Å². The molecule has 0 aromatic carbocycles. The molecule has 0 spiro atoms. The van der Waals surface area contributed by atoms with Gasteiger partial charge in [-0.15, -0.1) is 0 Å². The summed E-state index contributed by atoms with van der Waals surface area (Å²) in [5.41, 5.74) is 0. The van der Waals surface area contributed by atoms with Crippen LogP contribution in [0.5, 0.6) is 0 Å². The third kappa shape index (κ3) is 4.93. The summed E-state index contributed by atoms with van der Waals surface area (Å²) in [5.74, 6) is 0. The van der Waals surface area contributed by atoms with Crippen LogP contribution in [-0.2, 0) is 14.8 Å². The van der Waals surface area contributed by atoms with Crippen LogP contribution in [0, 0.1) is 0 Å². The Kier molecular flexibility index (Phi) is 6.31. The van der Waals surface area contributed by atoms with E-state index in [0.717, 1.165) is 12.8 Å². The molecule has 0 aromatic heterocycles. The monoisotopic (exact) mass is 223 g/mol. The van der Waals surface area contributed by atoms with Gasteiger partial charge in [-0.1, -0.05) is 13.3 Å². The molecule has 0 heterocycles. The van der Waals surface area contributed by atoms with Crippen LogP contribution in [0.3, 0.4) is 0 Å². The molecule has 86 valence electrons. The fourth-order valence-electron chi connectivity index (χ4n) is 1.09. The lowest BCUT2D eigenvalue weighted by atomic mass is 10.2. The van der Waals surface area contributed by atoms with Gasteiger partial charge in [0, 0.05) is 13.2 Å². The molecule has 0 bridgehead atoms. The minimum atomic E-state index is -3.17. The van der Waals surface area contributed by atoms with Crippen molar-refractivity contribution in [3.05, 3.63) is 0 Å². The molecule has 4 nitrogen and oxygen atoms in total. The summed E-state index contributed by atoms with van der Waals surface area (Å²) in [6, 6.07) is -0.0996. The SMILES string of the molecule is CCCC(COC)NS(=O)(=O)C(C)C. The maximum atomic E-state index is 11.5. The molecule has 1 unspecified atom stereocenters. The number of hydrogen-bond acceptors (Lipinski definition) is 3. The molecule has 1 atom stereocenters. The van der Waals surface area contributed by atoms with Crippen LogP contribution in [-0.4, -0.2) is 33.4 Å². The standard InChI is InChI=1S/C9H21NO3S/c1-5-6-9(7-13-4)10-14(11,12)8(2)3/h8-10H,5-7H2,1-4H3. The van der Waals surface area contributed by atoms with Gasteiger partial charge in [0.1, 0.15) is 0 Å². The summed E-state index contributed by atoms with van der Waals surface area (Å²) in [6.07, 6.45) is 1.74. The van der Waals surface area contributed by atoms with E-state index in [2.05, 4.69) is 4.72 Å². The van der Waals surface area contributed by atoms with Crippen LogP contribution < -0.4 is 4.72 Å². The normalized spacial score (nSPS) is 14.6. The first-order chi connectivity index (χ1) is 6.44. The van der Waals surface area contributed by atoms with Gasteiger partial charge in [0.15, 0.2) is 0 Å². The molecular weight excluding hydrogens is 202 g/mol. The van der Waals surface area contributed by atoms with Gasteiger partial charge < -0.3 is 4.74 Å². The summed E-state index contributed by atoms with van der Waals surface area (Å²) < 4.78 is 30.6. The Morgan fingerprint density at radius 2 is 1.93 bits per heavy atom. The van der Waals surface area contributed by atoms with E-state index >= 15 is 0 Å². The van der Waals surface area contributed by atoms with Crippen molar-refractivity contribution in [2.75, 3.05) is 13.7 Å². The largest absolute Gasteiger partial charge is 0.383 e. The summed E-state index contributed by atoms with van der Waals surface area (Å²) in [6.45, 7) is 5.78. The minimum absolute atomic E-state index is 0.0996. The number of hydrogen-bond donors (Lipinski definition) is 1. The molecule has 1 N–H and O–H groups in total. The van der Waals surface area contributed by atoms with Crippen molar-refractivity contribution in [2.45, 2.75) is 44.9 Å². The first-order valence-electron chi connectivity index (χ1n) is 4.94. The highest BCUT2D eigenvalue weighted by Gasteiger charge is 2.20. The van der Waals surface area contributed by atoms with Crippen LogP contribution in [0.1, 0.15) is 33.6 Å². The van der Waals surface area contributed by atoms with E-state index < -0.39 is 15.3 Å². The summed E-state index contributed by atoms with van der Waals surface area (Å²) in [5, 5.41) is -0.390. The lowest BCUT2D eigenvalue weighted by Crippen LogP contribution is -2.41. The zero-order valence-corrected chi connectivity index (χ0v) is 10.2. The third-order valence-electron chi connectivity index (χ3n) is 1.96. The topological polar surface area (TPSA) is 55.4 Å². The minimum Gasteiger partial charge on any atom is -0.383 e. The highest BCUT2D eigenvalue weighted by molar-refractivity contribution is 7.90. The highest BCUT2D eigenvalue weighted by Crippen LogP contribution is 2.03. The van der Waals surface area contributed by atoms with Gasteiger partial charge in [-0.2, -0.15) is 0 Å². The smallest absolute Gasteiger partial charge is 0.214 e. The first kappa shape index (κ1) is 13.9. The fourth-order valence-corrected chi connectivity index (χ4v) is 2.02. The van der Waals surface area contributed by atoms with Gasteiger partial charge in [0.05, 0.1) is 11.9 Å². The molecule has 0 fully saturated rings. The lowest BCUT2D eigenvalue weighted by Gasteiger charge is -2.18. The average molecular weight is 223 g/mol. The van der Waals surface area contributed by atoms with E-state index in [1.54, 1.807) is 21.0 Å². The van der Waals surface area contributed by atoms with Gasteiger partial charge in [0.25, 0.3) is 0 Å². The number of ether oxygens (including phenoxy) is 1.